The Morgan fingerprint density at radius 3 is 2.84 bits per heavy atom. The molecule has 2 heteroatoms. The second-order valence-electron chi connectivity index (χ2n) is 6.20. The van der Waals surface area contributed by atoms with Crippen molar-refractivity contribution < 1.29 is 4.39 Å². The van der Waals surface area contributed by atoms with Crippen LogP contribution >= 0.6 is 0 Å². The lowest BCUT2D eigenvalue weighted by atomic mass is 9.77. The van der Waals surface area contributed by atoms with Crippen molar-refractivity contribution in [2.24, 2.45) is 11.8 Å². The Hall–Kier alpha value is -0.890. The number of nitrogens with one attached hydrogen (secondary N) is 1. The van der Waals surface area contributed by atoms with Crippen LogP contribution in [-0.2, 0) is 6.42 Å². The molecular weight excluding hydrogens is 237 g/mol. The monoisotopic (exact) mass is 263 g/mol. The minimum Gasteiger partial charge on any atom is -0.316 e. The molecule has 3 unspecified atom stereocenters. The zero-order valence-corrected chi connectivity index (χ0v) is 12.4. The number of likely N-dealkylation sites (N-methyl/N-ethyl adjacent to an activating group) is 1. The average Bonchev–Trinajstić information content (AvgIpc) is 2.39. The third-order valence-corrected chi connectivity index (χ3v) is 4.67. The predicted octanol–water partition coefficient (Wildman–Crippen LogP) is 4.09. The van der Waals surface area contributed by atoms with Crippen LogP contribution < -0.4 is 5.32 Å². The molecule has 1 aromatic carbocycles. The van der Waals surface area contributed by atoms with Gasteiger partial charge in [0.1, 0.15) is 5.82 Å². The highest BCUT2D eigenvalue weighted by Crippen LogP contribution is 2.32. The largest absolute Gasteiger partial charge is 0.316 e. The van der Waals surface area contributed by atoms with Crippen LogP contribution in [0.2, 0.25) is 0 Å². The number of benzene rings is 1. The van der Waals surface area contributed by atoms with E-state index in [0.29, 0.717) is 6.04 Å². The SMILES string of the molecule is CNC(Cc1cc(F)ccc1C)C1CCCC(C)C1. The standard InChI is InChI=1S/C17H26FN/c1-12-5-4-6-14(9-12)17(19-3)11-15-10-16(18)8-7-13(15)2/h7-8,10,12,14,17,19H,4-6,9,11H2,1-3H3. The van der Waals surface area contributed by atoms with Crippen molar-refractivity contribution >= 4 is 0 Å². The first-order valence-electron chi connectivity index (χ1n) is 7.52. The Labute approximate surface area is 116 Å². The zero-order valence-electron chi connectivity index (χ0n) is 12.4. The lowest BCUT2D eigenvalue weighted by Gasteiger charge is -2.33. The first kappa shape index (κ1) is 14.5. The molecule has 3 atom stereocenters. The number of hydrogen-bond donors (Lipinski definition) is 1. The summed E-state index contributed by atoms with van der Waals surface area (Å²) in [7, 11) is 2.04. The normalized spacial score (nSPS) is 25.3. The summed E-state index contributed by atoms with van der Waals surface area (Å²) >= 11 is 0. The van der Waals surface area contributed by atoms with Crippen LogP contribution in [0.3, 0.4) is 0 Å². The van der Waals surface area contributed by atoms with E-state index in [1.165, 1.54) is 31.2 Å². The predicted molar refractivity (Wildman–Crippen MR) is 78.8 cm³/mol. The maximum absolute atomic E-state index is 13.4. The summed E-state index contributed by atoms with van der Waals surface area (Å²) in [5.41, 5.74) is 2.35. The number of rotatable bonds is 4. The first-order valence-corrected chi connectivity index (χ1v) is 7.52. The Balaban J connectivity index is 2.07. The fourth-order valence-electron chi connectivity index (χ4n) is 3.45. The summed E-state index contributed by atoms with van der Waals surface area (Å²) in [6, 6.07) is 5.62. The molecule has 1 fully saturated rings. The molecule has 0 heterocycles. The quantitative estimate of drug-likeness (QED) is 0.862. The van der Waals surface area contributed by atoms with Gasteiger partial charge in [0.05, 0.1) is 0 Å². The lowest BCUT2D eigenvalue weighted by molar-refractivity contribution is 0.227. The van der Waals surface area contributed by atoms with Crippen molar-refractivity contribution in [2.75, 3.05) is 7.05 Å². The number of aryl methyl sites for hydroxylation is 1. The zero-order chi connectivity index (χ0) is 13.8. The Morgan fingerprint density at radius 2 is 2.16 bits per heavy atom. The summed E-state index contributed by atoms with van der Waals surface area (Å²) < 4.78 is 13.4. The Kier molecular flexibility index (Phi) is 4.98. The molecular formula is C17H26FN. The average molecular weight is 263 g/mol. The smallest absolute Gasteiger partial charge is 0.123 e. The maximum atomic E-state index is 13.4. The Morgan fingerprint density at radius 1 is 1.37 bits per heavy atom. The van der Waals surface area contributed by atoms with E-state index >= 15 is 0 Å². The second-order valence-corrected chi connectivity index (χ2v) is 6.20. The summed E-state index contributed by atoms with van der Waals surface area (Å²) in [5.74, 6) is 1.45. The van der Waals surface area contributed by atoms with E-state index in [-0.39, 0.29) is 5.82 Å². The van der Waals surface area contributed by atoms with Gasteiger partial charge in [0.2, 0.25) is 0 Å². The maximum Gasteiger partial charge on any atom is 0.123 e. The van der Waals surface area contributed by atoms with Gasteiger partial charge in [-0.3, -0.25) is 0 Å². The highest BCUT2D eigenvalue weighted by Gasteiger charge is 2.26. The molecule has 0 spiro atoms. The molecule has 1 aliphatic rings. The molecule has 0 amide bonds. The molecule has 1 N–H and O–H groups in total. The van der Waals surface area contributed by atoms with Gasteiger partial charge in [-0.05, 0) is 68.3 Å². The fourth-order valence-corrected chi connectivity index (χ4v) is 3.45. The van der Waals surface area contributed by atoms with E-state index in [1.54, 1.807) is 12.1 Å². The summed E-state index contributed by atoms with van der Waals surface area (Å²) in [5, 5.41) is 3.47. The van der Waals surface area contributed by atoms with Gasteiger partial charge in [-0.15, -0.1) is 0 Å². The number of halogens is 1. The van der Waals surface area contributed by atoms with Crippen LogP contribution in [0.5, 0.6) is 0 Å². The van der Waals surface area contributed by atoms with Gasteiger partial charge in [0.15, 0.2) is 0 Å². The van der Waals surface area contributed by atoms with Gasteiger partial charge in [0, 0.05) is 6.04 Å². The summed E-state index contributed by atoms with van der Waals surface area (Å²) in [6.07, 6.45) is 6.26. The molecule has 0 saturated heterocycles. The molecule has 0 aromatic heterocycles. The van der Waals surface area contributed by atoms with Crippen molar-refractivity contribution in [1.82, 2.24) is 5.32 Å². The van der Waals surface area contributed by atoms with Gasteiger partial charge < -0.3 is 5.32 Å². The van der Waals surface area contributed by atoms with Gasteiger partial charge in [0.25, 0.3) is 0 Å². The molecule has 106 valence electrons. The minimum absolute atomic E-state index is 0.118. The van der Waals surface area contributed by atoms with E-state index < -0.39 is 0 Å². The van der Waals surface area contributed by atoms with Crippen molar-refractivity contribution in [3.05, 3.63) is 35.1 Å². The molecule has 0 radical (unpaired) electrons. The third kappa shape index (κ3) is 3.79. The van der Waals surface area contributed by atoms with Gasteiger partial charge in [-0.25, -0.2) is 4.39 Å². The fraction of sp³-hybridized carbons (Fsp3) is 0.647. The van der Waals surface area contributed by atoms with Crippen molar-refractivity contribution in [3.63, 3.8) is 0 Å². The first-order chi connectivity index (χ1) is 9.10. The highest BCUT2D eigenvalue weighted by molar-refractivity contribution is 5.27. The second kappa shape index (κ2) is 6.51. The topological polar surface area (TPSA) is 12.0 Å². The van der Waals surface area contributed by atoms with Gasteiger partial charge >= 0.3 is 0 Å². The summed E-state index contributed by atoms with van der Waals surface area (Å²) in [6.45, 7) is 4.43. The Bertz CT molecular complexity index is 416. The number of hydrogen-bond acceptors (Lipinski definition) is 1. The minimum atomic E-state index is -0.118. The van der Waals surface area contributed by atoms with Crippen LogP contribution in [0.4, 0.5) is 4.39 Å². The lowest BCUT2D eigenvalue weighted by Crippen LogP contribution is -2.38. The van der Waals surface area contributed by atoms with Crippen LogP contribution in [0.25, 0.3) is 0 Å². The van der Waals surface area contributed by atoms with E-state index in [0.717, 1.165) is 23.8 Å². The molecule has 0 bridgehead atoms. The van der Waals surface area contributed by atoms with Crippen LogP contribution in [0.15, 0.2) is 18.2 Å². The third-order valence-electron chi connectivity index (χ3n) is 4.67. The van der Waals surface area contributed by atoms with Gasteiger partial charge in [-0.1, -0.05) is 25.8 Å². The molecule has 1 nitrogen and oxygen atoms in total. The van der Waals surface area contributed by atoms with Gasteiger partial charge in [-0.2, -0.15) is 0 Å². The van der Waals surface area contributed by atoms with E-state index in [1.807, 2.05) is 13.1 Å². The summed E-state index contributed by atoms with van der Waals surface area (Å²) in [4.78, 5) is 0. The van der Waals surface area contributed by atoms with Crippen molar-refractivity contribution in [1.29, 1.82) is 0 Å². The van der Waals surface area contributed by atoms with E-state index in [2.05, 4.69) is 19.2 Å². The van der Waals surface area contributed by atoms with Crippen LogP contribution in [-0.4, -0.2) is 13.1 Å². The van der Waals surface area contributed by atoms with E-state index in [4.69, 9.17) is 0 Å². The molecule has 0 aliphatic heterocycles. The molecule has 1 aromatic rings. The molecule has 1 aliphatic carbocycles. The van der Waals surface area contributed by atoms with Crippen LogP contribution in [0.1, 0.15) is 43.7 Å². The highest BCUT2D eigenvalue weighted by atomic mass is 19.1. The molecule has 2 rings (SSSR count). The molecule has 19 heavy (non-hydrogen) atoms. The molecule has 1 saturated carbocycles. The van der Waals surface area contributed by atoms with Crippen molar-refractivity contribution in [3.8, 4) is 0 Å². The van der Waals surface area contributed by atoms with Crippen molar-refractivity contribution in [2.45, 2.75) is 52.0 Å². The van der Waals surface area contributed by atoms with E-state index in [9.17, 15) is 4.39 Å². The van der Waals surface area contributed by atoms with Crippen LogP contribution in [0, 0.1) is 24.6 Å².